The van der Waals surface area contributed by atoms with Gasteiger partial charge in [0.25, 0.3) is 0 Å². The van der Waals surface area contributed by atoms with E-state index in [0.29, 0.717) is 22.7 Å². The maximum atomic E-state index is 10.8. The van der Waals surface area contributed by atoms with Crippen molar-refractivity contribution in [1.82, 2.24) is 15.2 Å². The molecule has 0 unspecified atom stereocenters. The number of piperidine rings is 1. The zero-order chi connectivity index (χ0) is 26.5. The topological polar surface area (TPSA) is 148 Å². The van der Waals surface area contributed by atoms with E-state index in [2.05, 4.69) is 34.1 Å². The molecule has 0 spiro atoms. The van der Waals surface area contributed by atoms with Crippen molar-refractivity contribution in [2.24, 2.45) is 0 Å². The van der Waals surface area contributed by atoms with Gasteiger partial charge in [-0.3, -0.25) is 0 Å². The first-order valence-electron chi connectivity index (χ1n) is 11.5. The molecule has 1 fully saturated rings. The number of benzene rings is 1. The fourth-order valence-electron chi connectivity index (χ4n) is 3.57. The van der Waals surface area contributed by atoms with Crippen LogP contribution in [0.3, 0.4) is 0 Å². The number of nitrogens with two attached hydrogens (primary N) is 1. The van der Waals surface area contributed by atoms with Gasteiger partial charge in [-0.1, -0.05) is 23.4 Å². The molecule has 0 atom stereocenters. The number of hydrogen-bond acceptors (Lipinski definition) is 9. The molecule has 3 rings (SSSR count). The van der Waals surface area contributed by atoms with Gasteiger partial charge in [0.15, 0.2) is 11.6 Å². The van der Waals surface area contributed by atoms with Crippen molar-refractivity contribution in [3.8, 4) is 17.6 Å². The molecule has 0 aliphatic carbocycles. The fraction of sp³-hybridized carbons (Fsp3) is 0.385. The number of pyridine rings is 1. The van der Waals surface area contributed by atoms with E-state index < -0.39 is 11.6 Å². The lowest BCUT2D eigenvalue weighted by molar-refractivity contribution is -0.303. The summed E-state index contributed by atoms with van der Waals surface area (Å²) in [7, 11) is 2.09. The van der Waals surface area contributed by atoms with Crippen molar-refractivity contribution < 1.29 is 20.1 Å². The lowest BCUT2D eigenvalue weighted by Crippen LogP contribution is -2.38. The summed E-state index contributed by atoms with van der Waals surface area (Å²) < 4.78 is 5.45. The van der Waals surface area contributed by atoms with E-state index >= 15 is 0 Å². The van der Waals surface area contributed by atoms with Gasteiger partial charge in [0, 0.05) is 41.4 Å². The Labute approximate surface area is 216 Å². The number of anilines is 1. The van der Waals surface area contributed by atoms with Crippen LogP contribution in [0.25, 0.3) is 5.57 Å². The zero-order valence-corrected chi connectivity index (χ0v) is 21.3. The van der Waals surface area contributed by atoms with Crippen LogP contribution in [0, 0.1) is 17.3 Å². The van der Waals surface area contributed by atoms with Crippen LogP contribution < -0.4 is 15.8 Å². The standard InChI is InChI=1S/C26H32ClN5O4/c1-25(2,33)9-6-17-4-5-22(27)21(12-17)26(34,35)36-23-13-18(15-31-24(23)29)19(14-28)16-30-20-7-10-32(3)11-8-20/h4-5,12-16,20,28,30,33-35H,7-8,10-11H2,1-3H3,(H2,29,31)/b19-16+,28-14?. The Balaban J connectivity index is 1.85. The number of aliphatic hydroxyl groups is 3. The summed E-state index contributed by atoms with van der Waals surface area (Å²) >= 11 is 6.21. The smallest absolute Gasteiger partial charge is 0.352 e. The minimum atomic E-state index is -2.86. The first-order valence-corrected chi connectivity index (χ1v) is 11.9. The van der Waals surface area contributed by atoms with Crippen LogP contribution in [0.5, 0.6) is 5.75 Å². The number of ether oxygens (including phenoxy) is 1. The van der Waals surface area contributed by atoms with E-state index in [1.54, 1.807) is 12.3 Å². The highest BCUT2D eigenvalue weighted by Crippen LogP contribution is 2.33. The second kappa shape index (κ2) is 11.3. The van der Waals surface area contributed by atoms with Gasteiger partial charge in [0.05, 0.1) is 10.6 Å². The Morgan fingerprint density at radius 2 is 1.97 bits per heavy atom. The van der Waals surface area contributed by atoms with E-state index in [-0.39, 0.29) is 22.2 Å². The van der Waals surface area contributed by atoms with Gasteiger partial charge >= 0.3 is 5.97 Å². The molecule has 9 nitrogen and oxygen atoms in total. The minimum absolute atomic E-state index is 0.0268. The second-order valence-corrected chi connectivity index (χ2v) is 9.72. The Morgan fingerprint density at radius 3 is 2.61 bits per heavy atom. The van der Waals surface area contributed by atoms with Crippen molar-refractivity contribution in [2.75, 3.05) is 25.9 Å². The van der Waals surface area contributed by atoms with Crippen molar-refractivity contribution in [2.45, 2.75) is 44.3 Å². The molecule has 0 amide bonds. The van der Waals surface area contributed by atoms with Crippen LogP contribution in [0.15, 0.2) is 36.7 Å². The van der Waals surface area contributed by atoms with Gasteiger partial charge < -0.3 is 41.4 Å². The Bertz CT molecular complexity index is 1190. The molecular formula is C26H32ClN5O4. The number of aromatic nitrogens is 1. The molecule has 7 N–H and O–H groups in total. The monoisotopic (exact) mass is 513 g/mol. The van der Waals surface area contributed by atoms with Crippen LogP contribution in [-0.2, 0) is 5.97 Å². The third-order valence-corrected chi connectivity index (χ3v) is 5.98. The molecule has 0 bridgehead atoms. The van der Waals surface area contributed by atoms with Gasteiger partial charge in [0.2, 0.25) is 0 Å². The summed E-state index contributed by atoms with van der Waals surface area (Å²) in [4.78, 5) is 6.36. The molecule has 1 aromatic carbocycles. The predicted molar refractivity (Wildman–Crippen MR) is 140 cm³/mol. The summed E-state index contributed by atoms with van der Waals surface area (Å²) in [6, 6.07) is 6.14. The van der Waals surface area contributed by atoms with E-state index in [0.717, 1.165) is 25.9 Å². The number of nitrogen functional groups attached to an aromatic ring is 1. The number of halogens is 1. The van der Waals surface area contributed by atoms with Gasteiger partial charge in [-0.25, -0.2) is 4.98 Å². The Morgan fingerprint density at radius 1 is 1.28 bits per heavy atom. The van der Waals surface area contributed by atoms with Gasteiger partial charge in [0.1, 0.15) is 5.60 Å². The summed E-state index contributed by atoms with van der Waals surface area (Å²) in [6.45, 7) is 5.06. The summed E-state index contributed by atoms with van der Waals surface area (Å²) in [5, 5.41) is 42.6. The highest BCUT2D eigenvalue weighted by molar-refractivity contribution is 6.31. The average molecular weight is 514 g/mol. The first kappa shape index (κ1) is 27.5. The van der Waals surface area contributed by atoms with Gasteiger partial charge in [-0.15, -0.1) is 0 Å². The number of likely N-dealkylation sites (tertiary alicyclic amines) is 1. The van der Waals surface area contributed by atoms with E-state index in [1.165, 1.54) is 44.5 Å². The minimum Gasteiger partial charge on any atom is -0.432 e. The van der Waals surface area contributed by atoms with Gasteiger partial charge in [-0.05, 0) is 71.1 Å². The van der Waals surface area contributed by atoms with Crippen LogP contribution >= 0.6 is 11.6 Å². The molecule has 1 aromatic heterocycles. The molecule has 1 aliphatic rings. The number of rotatable bonds is 7. The Hall–Kier alpha value is -3.13. The lowest BCUT2D eigenvalue weighted by Gasteiger charge is -2.29. The second-order valence-electron chi connectivity index (χ2n) is 9.31. The molecule has 10 heteroatoms. The summed E-state index contributed by atoms with van der Waals surface area (Å²) in [5.41, 5.74) is 5.97. The quantitative estimate of drug-likeness (QED) is 0.188. The van der Waals surface area contributed by atoms with Crippen molar-refractivity contribution in [3.63, 3.8) is 0 Å². The molecule has 1 aliphatic heterocycles. The fourth-order valence-corrected chi connectivity index (χ4v) is 3.81. The molecule has 0 radical (unpaired) electrons. The normalized spacial score (nSPS) is 15.7. The zero-order valence-electron chi connectivity index (χ0n) is 20.5. The van der Waals surface area contributed by atoms with Crippen molar-refractivity contribution >= 4 is 29.2 Å². The summed E-state index contributed by atoms with van der Waals surface area (Å²) in [6.07, 6.45) is 6.37. The number of allylic oxidation sites excluding steroid dienone is 1. The molecule has 2 aromatic rings. The largest absolute Gasteiger partial charge is 0.432 e. The third kappa shape index (κ3) is 7.43. The maximum absolute atomic E-state index is 10.8. The van der Waals surface area contributed by atoms with Crippen LogP contribution in [0.2, 0.25) is 5.02 Å². The third-order valence-electron chi connectivity index (χ3n) is 5.65. The van der Waals surface area contributed by atoms with Crippen LogP contribution in [0.4, 0.5) is 5.82 Å². The SMILES string of the molecule is CN1CCC(N/C=C(\C=N)c2cnc(N)c(OC(O)(O)c3cc(C#CC(C)(C)O)ccc3Cl)c2)CC1. The molecule has 192 valence electrons. The molecular weight excluding hydrogens is 482 g/mol. The van der Waals surface area contributed by atoms with Crippen LogP contribution in [0.1, 0.15) is 43.4 Å². The highest BCUT2D eigenvalue weighted by Gasteiger charge is 2.33. The van der Waals surface area contributed by atoms with Gasteiger partial charge in [-0.2, -0.15) is 0 Å². The highest BCUT2D eigenvalue weighted by atomic mass is 35.5. The van der Waals surface area contributed by atoms with E-state index in [9.17, 15) is 15.3 Å². The molecule has 2 heterocycles. The lowest BCUT2D eigenvalue weighted by atomic mass is 10.1. The van der Waals surface area contributed by atoms with E-state index in [4.69, 9.17) is 27.5 Å². The van der Waals surface area contributed by atoms with Crippen LogP contribution in [-0.4, -0.2) is 63.2 Å². The number of hydrogen-bond donors (Lipinski definition) is 6. The molecule has 0 saturated carbocycles. The van der Waals surface area contributed by atoms with E-state index in [1.807, 2.05) is 0 Å². The number of nitrogens with one attached hydrogen (secondary N) is 2. The van der Waals surface area contributed by atoms with Crippen molar-refractivity contribution in [1.29, 1.82) is 5.41 Å². The molecule has 1 saturated heterocycles. The predicted octanol–water partition coefficient (Wildman–Crippen LogP) is 2.29. The average Bonchev–Trinajstić information content (AvgIpc) is 2.81. The van der Waals surface area contributed by atoms with Crippen molar-refractivity contribution in [3.05, 3.63) is 58.4 Å². The summed E-state index contributed by atoms with van der Waals surface area (Å²) in [5.74, 6) is 2.37. The maximum Gasteiger partial charge on any atom is 0.352 e. The molecule has 36 heavy (non-hydrogen) atoms. The first-order chi connectivity index (χ1) is 16.9. The number of nitrogens with zero attached hydrogens (tertiary/aromatic N) is 2. The Kier molecular flexibility index (Phi) is 8.61.